The molecule has 0 unspecified atom stereocenters. The van der Waals surface area contributed by atoms with Gasteiger partial charge < -0.3 is 29.6 Å². The summed E-state index contributed by atoms with van der Waals surface area (Å²) in [6, 6.07) is 11.6. The summed E-state index contributed by atoms with van der Waals surface area (Å²) < 4.78 is 22.2. The summed E-state index contributed by atoms with van der Waals surface area (Å²) in [6.45, 7) is 3.13. The maximum Gasteiger partial charge on any atom is 0.338 e. The molecule has 0 saturated carbocycles. The molecule has 1 atom stereocenters. The monoisotopic (exact) mass is 708 g/mol. The van der Waals surface area contributed by atoms with Crippen LogP contribution in [0.25, 0.3) is 0 Å². The molecule has 0 radical (unpaired) electrons. The molecule has 0 spiro atoms. The lowest BCUT2D eigenvalue weighted by Gasteiger charge is -2.28. The number of halogens is 4. The van der Waals surface area contributed by atoms with Gasteiger partial charge in [0.15, 0.2) is 18.1 Å². The molecule has 46 heavy (non-hydrogen) atoms. The predicted octanol–water partition coefficient (Wildman–Crippen LogP) is 6.61. The Morgan fingerprint density at radius 2 is 1.74 bits per heavy atom. The van der Waals surface area contributed by atoms with Crippen molar-refractivity contribution in [3.63, 3.8) is 0 Å². The van der Waals surface area contributed by atoms with Crippen LogP contribution in [0.5, 0.6) is 17.2 Å². The average molecular weight is 710 g/mol. The Hall–Kier alpha value is -4.16. The van der Waals surface area contributed by atoms with E-state index in [0.717, 1.165) is 0 Å². The van der Waals surface area contributed by atoms with Crippen LogP contribution in [-0.2, 0) is 20.9 Å². The molecule has 1 aliphatic heterocycles. The minimum atomic E-state index is -0.801. The number of carbonyl (C=O) groups is 3. The van der Waals surface area contributed by atoms with Crippen LogP contribution in [0, 0.1) is 0 Å². The van der Waals surface area contributed by atoms with Crippen molar-refractivity contribution in [2.45, 2.75) is 26.5 Å². The Balaban J connectivity index is 1.42. The third-order valence-electron chi connectivity index (χ3n) is 6.46. The van der Waals surface area contributed by atoms with Crippen molar-refractivity contribution < 1.29 is 33.3 Å². The van der Waals surface area contributed by atoms with E-state index < -0.39 is 30.6 Å². The molecule has 0 aliphatic carbocycles. The van der Waals surface area contributed by atoms with Gasteiger partial charge in [0, 0.05) is 31.9 Å². The second-order valence-electron chi connectivity index (χ2n) is 9.61. The highest BCUT2D eigenvalue weighted by atomic mass is 35.5. The second-order valence-corrected chi connectivity index (χ2v) is 11.3. The van der Waals surface area contributed by atoms with Gasteiger partial charge in [-0.1, -0.05) is 58.5 Å². The number of allylic oxidation sites excluding steroid dienone is 1. The molecule has 4 rings (SSSR count). The molecule has 3 N–H and O–H groups in total. The topological polar surface area (TPSA) is 137 Å². The van der Waals surface area contributed by atoms with Gasteiger partial charge in [0.05, 0.1) is 36.6 Å². The van der Waals surface area contributed by atoms with Crippen molar-refractivity contribution in [3.05, 3.63) is 96.6 Å². The highest BCUT2D eigenvalue weighted by molar-refractivity contribution is 6.36. The molecule has 0 bridgehead atoms. The van der Waals surface area contributed by atoms with E-state index in [0.29, 0.717) is 37.5 Å². The van der Waals surface area contributed by atoms with Crippen LogP contribution in [0.4, 0.5) is 4.79 Å². The van der Waals surface area contributed by atoms with Crippen LogP contribution in [0.1, 0.15) is 36.6 Å². The average Bonchev–Trinajstić information content (AvgIpc) is 3.00. The molecule has 242 valence electrons. The number of benzene rings is 3. The standard InChI is InChI=1S/C31H28Cl4N4O7/c1-4-44-30(41)27-16(2)37-31(42)38-28(27)17-6-8-24(25(10-17)43-3)45-15-26(40)39-36-13-19-9-21(33)12-23(35)29(19)46-14-18-5-7-20(32)11-22(18)34/h5-13,28H,4,14-15H2,1-3H3,(H,39,40)(H2,37,38,42)/b36-13+/t28-/m1/s1. The van der Waals surface area contributed by atoms with Crippen molar-refractivity contribution in [2.75, 3.05) is 20.3 Å². The lowest BCUT2D eigenvalue weighted by Crippen LogP contribution is -2.45. The van der Waals surface area contributed by atoms with Gasteiger partial charge in [-0.15, -0.1) is 0 Å². The number of amides is 3. The number of hydrogen-bond donors (Lipinski definition) is 3. The number of ether oxygens (including phenoxy) is 4. The number of rotatable bonds is 12. The number of methoxy groups -OCH3 is 1. The Labute approximate surface area is 284 Å². The second kappa shape index (κ2) is 15.9. The molecule has 3 aromatic rings. The lowest BCUT2D eigenvalue weighted by atomic mass is 9.95. The Kier molecular flexibility index (Phi) is 12.0. The number of hydrogen-bond acceptors (Lipinski definition) is 8. The van der Waals surface area contributed by atoms with E-state index in [2.05, 4.69) is 21.2 Å². The van der Waals surface area contributed by atoms with Crippen molar-refractivity contribution in [1.82, 2.24) is 16.1 Å². The number of nitrogens with zero attached hydrogens (tertiary/aromatic N) is 1. The maximum absolute atomic E-state index is 12.6. The van der Waals surface area contributed by atoms with Gasteiger partial charge in [-0.2, -0.15) is 5.10 Å². The van der Waals surface area contributed by atoms with E-state index >= 15 is 0 Å². The fourth-order valence-electron chi connectivity index (χ4n) is 4.37. The zero-order chi connectivity index (χ0) is 33.4. The van der Waals surface area contributed by atoms with E-state index in [9.17, 15) is 14.4 Å². The van der Waals surface area contributed by atoms with Crippen molar-refractivity contribution >= 4 is 70.5 Å². The summed E-state index contributed by atoms with van der Waals surface area (Å²) in [5.74, 6) is -0.378. The summed E-state index contributed by atoms with van der Waals surface area (Å²) in [6.07, 6.45) is 1.33. The Morgan fingerprint density at radius 1 is 0.978 bits per heavy atom. The fourth-order valence-corrected chi connectivity index (χ4v) is 5.40. The van der Waals surface area contributed by atoms with Gasteiger partial charge in [0.25, 0.3) is 5.91 Å². The van der Waals surface area contributed by atoms with Gasteiger partial charge in [0.1, 0.15) is 12.4 Å². The largest absolute Gasteiger partial charge is 0.493 e. The van der Waals surface area contributed by atoms with Gasteiger partial charge in [0.2, 0.25) is 0 Å². The molecule has 15 heteroatoms. The zero-order valence-corrected chi connectivity index (χ0v) is 27.7. The SMILES string of the molecule is CCOC(=O)C1=C(C)NC(=O)N[C@@H]1c1ccc(OCC(=O)N/N=C/c2cc(Cl)cc(Cl)c2OCc2ccc(Cl)cc2Cl)c(OC)c1. The molecule has 1 aliphatic rings. The molecular weight excluding hydrogens is 682 g/mol. The molecule has 0 fully saturated rings. The van der Waals surface area contributed by atoms with Crippen LogP contribution in [0.2, 0.25) is 20.1 Å². The number of urea groups is 1. The third-order valence-corrected chi connectivity index (χ3v) is 7.55. The van der Waals surface area contributed by atoms with Crippen molar-refractivity contribution in [1.29, 1.82) is 0 Å². The quantitative estimate of drug-likeness (QED) is 0.109. The van der Waals surface area contributed by atoms with E-state index in [4.69, 9.17) is 65.4 Å². The van der Waals surface area contributed by atoms with Gasteiger partial charge in [-0.3, -0.25) is 4.79 Å². The Bertz CT molecular complexity index is 1710. The summed E-state index contributed by atoms with van der Waals surface area (Å²) in [5, 5.41) is 10.8. The summed E-state index contributed by atoms with van der Waals surface area (Å²) in [4.78, 5) is 37.4. The minimum absolute atomic E-state index is 0.0864. The third kappa shape index (κ3) is 8.76. The van der Waals surface area contributed by atoms with E-state index in [-0.39, 0.29) is 41.1 Å². The van der Waals surface area contributed by atoms with Gasteiger partial charge in [-0.05, 0) is 55.8 Å². The Morgan fingerprint density at radius 3 is 2.46 bits per heavy atom. The number of nitrogens with one attached hydrogen (secondary N) is 3. The van der Waals surface area contributed by atoms with Gasteiger partial charge >= 0.3 is 12.0 Å². The summed E-state index contributed by atoms with van der Waals surface area (Å²) >= 11 is 24.8. The van der Waals surface area contributed by atoms with Crippen LogP contribution in [0.3, 0.4) is 0 Å². The van der Waals surface area contributed by atoms with Crippen molar-refractivity contribution in [2.24, 2.45) is 5.10 Å². The molecule has 11 nitrogen and oxygen atoms in total. The van der Waals surface area contributed by atoms with Gasteiger partial charge in [-0.25, -0.2) is 15.0 Å². The number of carbonyl (C=O) groups excluding carboxylic acids is 3. The van der Waals surface area contributed by atoms with E-state index in [1.54, 1.807) is 56.3 Å². The number of esters is 1. The molecular formula is C31H28Cl4N4O7. The fraction of sp³-hybridized carbons (Fsp3) is 0.226. The first-order valence-electron chi connectivity index (χ1n) is 13.6. The van der Waals surface area contributed by atoms with E-state index in [1.807, 2.05) is 0 Å². The molecule has 0 saturated heterocycles. The normalized spacial score (nSPS) is 14.4. The lowest BCUT2D eigenvalue weighted by molar-refractivity contribution is -0.139. The zero-order valence-electron chi connectivity index (χ0n) is 24.7. The maximum atomic E-state index is 12.6. The molecule has 3 aromatic carbocycles. The smallest absolute Gasteiger partial charge is 0.338 e. The van der Waals surface area contributed by atoms with Crippen LogP contribution in [-0.4, -0.2) is 44.4 Å². The first-order valence-corrected chi connectivity index (χ1v) is 15.2. The van der Waals surface area contributed by atoms with Crippen LogP contribution in [0.15, 0.2) is 64.9 Å². The summed E-state index contributed by atoms with van der Waals surface area (Å²) in [5.41, 5.74) is 4.60. The summed E-state index contributed by atoms with van der Waals surface area (Å²) in [7, 11) is 1.42. The van der Waals surface area contributed by atoms with Crippen molar-refractivity contribution in [3.8, 4) is 17.2 Å². The first kappa shape index (κ1) is 34.7. The van der Waals surface area contributed by atoms with Crippen LogP contribution >= 0.6 is 46.4 Å². The minimum Gasteiger partial charge on any atom is -0.493 e. The first-order chi connectivity index (χ1) is 22.0. The highest BCUT2D eigenvalue weighted by Gasteiger charge is 2.32. The molecule has 1 heterocycles. The molecule has 0 aromatic heterocycles. The highest BCUT2D eigenvalue weighted by Crippen LogP contribution is 2.35. The van der Waals surface area contributed by atoms with E-state index in [1.165, 1.54) is 19.4 Å². The number of hydrazone groups is 1. The predicted molar refractivity (Wildman–Crippen MR) is 175 cm³/mol. The molecule has 3 amide bonds. The van der Waals surface area contributed by atoms with Crippen LogP contribution < -0.4 is 30.3 Å².